The van der Waals surface area contributed by atoms with Crippen molar-refractivity contribution >= 4 is 17.6 Å². The summed E-state index contributed by atoms with van der Waals surface area (Å²) in [5.41, 5.74) is 21.7. The van der Waals surface area contributed by atoms with Gasteiger partial charge in [0.05, 0.1) is 5.69 Å². The average molecular weight is 400 g/mol. The van der Waals surface area contributed by atoms with Gasteiger partial charge < -0.3 is 16.0 Å². The first-order chi connectivity index (χ1) is 14.4. The Hall–Kier alpha value is -3.29. The smallest absolute Gasteiger partial charge is 0.210 e. The number of aromatic nitrogens is 2. The first-order valence-electron chi connectivity index (χ1n) is 10.1. The maximum Gasteiger partial charge on any atom is 0.210 e. The summed E-state index contributed by atoms with van der Waals surface area (Å²) in [4.78, 5) is 15.9. The minimum absolute atomic E-state index is 0.652. The Labute approximate surface area is 175 Å². The van der Waals surface area contributed by atoms with Crippen LogP contribution in [0, 0.1) is 6.92 Å². The molecule has 3 aromatic rings. The van der Waals surface area contributed by atoms with Crippen LogP contribution in [0.3, 0.4) is 0 Å². The molecule has 0 amide bonds. The van der Waals surface area contributed by atoms with Gasteiger partial charge >= 0.3 is 0 Å². The molecule has 2 aliphatic rings. The number of rotatable bonds is 2. The van der Waals surface area contributed by atoms with E-state index in [1.54, 1.807) is 12.4 Å². The normalized spacial score (nSPS) is 20.4. The average Bonchev–Trinajstić information content (AvgIpc) is 2.74. The number of likely N-dealkylation sites (N-methyl/N-ethyl adjacent to an activating group) is 1. The van der Waals surface area contributed by atoms with Crippen molar-refractivity contribution in [3.05, 3.63) is 70.8 Å². The van der Waals surface area contributed by atoms with Crippen LogP contribution in [-0.4, -0.2) is 34.7 Å². The van der Waals surface area contributed by atoms with Gasteiger partial charge in [0, 0.05) is 78.0 Å². The van der Waals surface area contributed by atoms with E-state index in [0.29, 0.717) is 5.69 Å². The van der Waals surface area contributed by atoms with Crippen molar-refractivity contribution in [1.82, 2.24) is 14.9 Å². The van der Waals surface area contributed by atoms with Gasteiger partial charge in [-0.2, -0.15) is 0 Å². The maximum absolute atomic E-state index is 6.78. The molecule has 0 fully saturated rings. The number of benzene rings is 1. The molecule has 0 radical (unpaired) electrons. The predicted octanol–water partition coefficient (Wildman–Crippen LogP) is 2.64. The lowest BCUT2D eigenvalue weighted by Crippen LogP contribution is -2.45. The summed E-state index contributed by atoms with van der Waals surface area (Å²) in [6.45, 7) is 3.94. The fourth-order valence-electron chi connectivity index (χ4n) is 4.19. The van der Waals surface area contributed by atoms with Crippen LogP contribution in [0.5, 0.6) is 0 Å². The van der Waals surface area contributed by atoms with Crippen LogP contribution in [0.2, 0.25) is 0 Å². The van der Waals surface area contributed by atoms with Gasteiger partial charge in [-0.1, -0.05) is 6.07 Å². The summed E-state index contributed by atoms with van der Waals surface area (Å²) >= 11 is 0. The zero-order valence-electron chi connectivity index (χ0n) is 17.2. The second-order valence-corrected chi connectivity index (χ2v) is 8.15. The summed E-state index contributed by atoms with van der Waals surface area (Å²) in [7, 11) is 2.12. The Morgan fingerprint density at radius 2 is 2.03 bits per heavy atom. The fraction of sp³-hybridized carbons (Fsp3) is 0.261. The quantitative estimate of drug-likeness (QED) is 0.572. The van der Waals surface area contributed by atoms with Gasteiger partial charge in [0.15, 0.2) is 0 Å². The highest BCUT2D eigenvalue weighted by Gasteiger charge is 2.33. The predicted molar refractivity (Wildman–Crippen MR) is 120 cm³/mol. The number of fused-ring (bicyclic) bond motifs is 2. The molecular formula is C23H25N7. The SMILES string of the molecule is Cc1ccncc1-c1ccc(N)c2c1NC(N)(c1cnc3c(c1)CN(C)CC3)N=C2. The van der Waals surface area contributed by atoms with Crippen molar-refractivity contribution in [2.45, 2.75) is 25.7 Å². The Morgan fingerprint density at radius 1 is 1.17 bits per heavy atom. The molecule has 0 saturated carbocycles. The number of pyridine rings is 2. The van der Waals surface area contributed by atoms with Crippen LogP contribution >= 0.6 is 0 Å². The van der Waals surface area contributed by atoms with E-state index in [4.69, 9.17) is 11.5 Å². The highest BCUT2D eigenvalue weighted by Crippen LogP contribution is 2.40. The molecule has 4 heterocycles. The van der Waals surface area contributed by atoms with Gasteiger partial charge in [0.2, 0.25) is 5.79 Å². The number of nitrogens with two attached hydrogens (primary N) is 2. The largest absolute Gasteiger partial charge is 0.398 e. The van der Waals surface area contributed by atoms with E-state index in [-0.39, 0.29) is 0 Å². The van der Waals surface area contributed by atoms with E-state index in [2.05, 4.69) is 45.2 Å². The van der Waals surface area contributed by atoms with E-state index in [1.807, 2.05) is 30.6 Å². The van der Waals surface area contributed by atoms with Crippen LogP contribution in [0.1, 0.15) is 27.9 Å². The van der Waals surface area contributed by atoms with Crippen LogP contribution in [0.25, 0.3) is 11.1 Å². The van der Waals surface area contributed by atoms with E-state index in [0.717, 1.165) is 58.7 Å². The van der Waals surface area contributed by atoms with Gasteiger partial charge in [-0.05, 0) is 43.3 Å². The topological polar surface area (TPSA) is 105 Å². The van der Waals surface area contributed by atoms with Gasteiger partial charge in [0.1, 0.15) is 0 Å². The Morgan fingerprint density at radius 3 is 2.87 bits per heavy atom. The number of hydrogen-bond donors (Lipinski definition) is 3. The number of aryl methyl sites for hydroxylation is 1. The van der Waals surface area contributed by atoms with Crippen molar-refractivity contribution in [2.75, 3.05) is 24.6 Å². The molecule has 30 heavy (non-hydrogen) atoms. The molecular weight excluding hydrogens is 374 g/mol. The number of aliphatic imine (C=N–C) groups is 1. The molecule has 7 heteroatoms. The highest BCUT2D eigenvalue weighted by molar-refractivity contribution is 6.02. The van der Waals surface area contributed by atoms with Crippen LogP contribution in [0.15, 0.2) is 47.8 Å². The molecule has 0 spiro atoms. The lowest BCUT2D eigenvalue weighted by molar-refractivity contribution is 0.309. The number of nitrogens with zero attached hydrogens (tertiary/aromatic N) is 4. The zero-order valence-corrected chi connectivity index (χ0v) is 17.2. The monoisotopic (exact) mass is 399 g/mol. The number of nitrogen functional groups attached to an aromatic ring is 1. The first kappa shape index (κ1) is 18.7. The summed E-state index contributed by atoms with van der Waals surface area (Å²) in [5.74, 6) is -1.12. The molecule has 1 aromatic carbocycles. The zero-order chi connectivity index (χ0) is 20.9. The lowest BCUT2D eigenvalue weighted by Gasteiger charge is -2.34. The molecule has 5 rings (SSSR count). The first-order valence-corrected chi connectivity index (χ1v) is 10.1. The fourth-order valence-corrected chi connectivity index (χ4v) is 4.19. The van der Waals surface area contributed by atoms with Crippen molar-refractivity contribution in [2.24, 2.45) is 10.7 Å². The maximum atomic E-state index is 6.78. The summed E-state index contributed by atoms with van der Waals surface area (Å²) in [6, 6.07) is 8.02. The standard InChI is InChI=1S/C23H25N7/c1-14-5-7-26-11-18(14)17-3-4-20(24)19-12-28-23(25,29-22(17)19)16-9-15-13-30(2)8-6-21(15)27-10-16/h3-5,7,9-12,29H,6,8,13,24-25H2,1-2H3. The van der Waals surface area contributed by atoms with E-state index in [9.17, 15) is 0 Å². The Kier molecular flexibility index (Phi) is 4.30. The third-order valence-corrected chi connectivity index (χ3v) is 5.99. The molecule has 1 atom stereocenters. The molecule has 0 aliphatic carbocycles. The van der Waals surface area contributed by atoms with E-state index >= 15 is 0 Å². The molecule has 0 saturated heterocycles. The number of hydrogen-bond acceptors (Lipinski definition) is 7. The molecule has 0 bridgehead atoms. The van der Waals surface area contributed by atoms with Gasteiger partial charge in [-0.15, -0.1) is 0 Å². The molecule has 2 aromatic heterocycles. The van der Waals surface area contributed by atoms with Crippen molar-refractivity contribution in [3.63, 3.8) is 0 Å². The van der Waals surface area contributed by atoms with Gasteiger partial charge in [-0.3, -0.25) is 15.7 Å². The van der Waals surface area contributed by atoms with Gasteiger partial charge in [-0.25, -0.2) is 4.99 Å². The second-order valence-electron chi connectivity index (χ2n) is 8.15. The molecule has 5 N–H and O–H groups in total. The van der Waals surface area contributed by atoms with Crippen molar-refractivity contribution < 1.29 is 0 Å². The minimum Gasteiger partial charge on any atom is -0.398 e. The third kappa shape index (κ3) is 3.03. The van der Waals surface area contributed by atoms with E-state index in [1.165, 1.54) is 5.56 Å². The van der Waals surface area contributed by atoms with Crippen LogP contribution in [-0.2, 0) is 18.8 Å². The Bertz CT molecular complexity index is 1170. The third-order valence-electron chi connectivity index (χ3n) is 5.99. The summed E-state index contributed by atoms with van der Waals surface area (Å²) in [5, 5.41) is 3.46. The van der Waals surface area contributed by atoms with Crippen molar-refractivity contribution in [3.8, 4) is 11.1 Å². The molecule has 152 valence electrons. The number of nitrogens with one attached hydrogen (secondary N) is 1. The van der Waals surface area contributed by atoms with Crippen LogP contribution in [0.4, 0.5) is 11.4 Å². The number of anilines is 2. The Balaban J connectivity index is 1.60. The highest BCUT2D eigenvalue weighted by atomic mass is 15.3. The summed E-state index contributed by atoms with van der Waals surface area (Å²) in [6.07, 6.45) is 8.20. The molecule has 7 nitrogen and oxygen atoms in total. The minimum atomic E-state index is -1.12. The van der Waals surface area contributed by atoms with Crippen LogP contribution < -0.4 is 16.8 Å². The molecule has 1 unspecified atom stereocenters. The van der Waals surface area contributed by atoms with Crippen molar-refractivity contribution in [1.29, 1.82) is 0 Å². The molecule has 2 aliphatic heterocycles. The lowest BCUT2D eigenvalue weighted by atomic mass is 9.94. The van der Waals surface area contributed by atoms with Gasteiger partial charge in [0.25, 0.3) is 0 Å². The van der Waals surface area contributed by atoms with E-state index < -0.39 is 5.79 Å². The summed E-state index contributed by atoms with van der Waals surface area (Å²) < 4.78 is 0. The second kappa shape index (κ2) is 6.90.